The van der Waals surface area contributed by atoms with Gasteiger partial charge in [0.25, 0.3) is 0 Å². The zero-order valence-corrected chi connectivity index (χ0v) is 15.0. The normalized spacial score (nSPS) is 18.0. The molecule has 0 radical (unpaired) electrons. The highest BCUT2D eigenvalue weighted by atomic mass is 32.2. The van der Waals surface area contributed by atoms with E-state index >= 15 is 0 Å². The lowest BCUT2D eigenvalue weighted by Gasteiger charge is -2.34. The Balaban J connectivity index is 2.01. The van der Waals surface area contributed by atoms with Crippen LogP contribution in [0.25, 0.3) is 0 Å². The summed E-state index contributed by atoms with van der Waals surface area (Å²) in [7, 11) is -3.63. The van der Waals surface area contributed by atoms with Gasteiger partial charge in [0.05, 0.1) is 29.8 Å². The molecule has 2 N–H and O–H groups in total. The molecule has 25 heavy (non-hydrogen) atoms. The van der Waals surface area contributed by atoms with Crippen LogP contribution in [0.3, 0.4) is 0 Å². The van der Waals surface area contributed by atoms with Crippen LogP contribution in [0.5, 0.6) is 0 Å². The van der Waals surface area contributed by atoms with E-state index in [1.54, 1.807) is 6.92 Å². The average molecular weight is 372 g/mol. The number of β-amino-alcohol motifs (C(OH)–C–C–N with tert-alkyl or cyclic N) is 1. The van der Waals surface area contributed by atoms with Crippen LogP contribution in [0.1, 0.15) is 17.3 Å². The van der Waals surface area contributed by atoms with Crippen molar-refractivity contribution in [2.24, 2.45) is 0 Å². The first-order valence-corrected chi connectivity index (χ1v) is 9.61. The highest BCUT2D eigenvalue weighted by Crippen LogP contribution is 2.18. The number of aliphatic hydroxyl groups excluding tert-OH is 2. The number of aliphatic hydroxyl groups is 2. The Labute approximate surface area is 147 Å². The molecule has 9 heteroatoms. The van der Waals surface area contributed by atoms with Crippen LogP contribution in [0.2, 0.25) is 0 Å². The maximum Gasteiger partial charge on any atom is 0.338 e. The Hall–Kier alpha value is -1.52. The van der Waals surface area contributed by atoms with Crippen LogP contribution in [0, 0.1) is 0 Å². The first-order chi connectivity index (χ1) is 11.9. The molecule has 1 heterocycles. The molecule has 1 aromatic carbocycles. The second-order valence-electron chi connectivity index (χ2n) is 5.79. The van der Waals surface area contributed by atoms with Gasteiger partial charge in [0.2, 0.25) is 10.0 Å². The minimum Gasteiger partial charge on any atom is -0.462 e. The third kappa shape index (κ3) is 4.99. The van der Waals surface area contributed by atoms with Crippen molar-refractivity contribution in [2.45, 2.75) is 17.9 Å². The molecule has 0 spiro atoms. The van der Waals surface area contributed by atoms with Gasteiger partial charge in [-0.3, -0.25) is 4.90 Å². The predicted octanol–water partition coefficient (Wildman–Crippen LogP) is -0.477. The molecular formula is C16H24N2O6S. The third-order valence-electron chi connectivity index (χ3n) is 4.01. The molecule has 1 aliphatic heterocycles. The van der Waals surface area contributed by atoms with E-state index in [9.17, 15) is 18.3 Å². The molecule has 1 atom stereocenters. The van der Waals surface area contributed by atoms with E-state index in [1.807, 2.05) is 4.90 Å². The monoisotopic (exact) mass is 372 g/mol. The molecule has 1 fully saturated rings. The van der Waals surface area contributed by atoms with Gasteiger partial charge in [0.15, 0.2) is 0 Å². The number of carbonyl (C=O) groups is 1. The standard InChI is InChI=1S/C16H24N2O6S/c1-2-24-16(21)13-3-5-15(6-4-13)25(22,23)18-9-7-17(8-10-18)11-14(20)12-19/h3-6,14,19-20H,2,7-12H2,1H3/t14-/m1/s1. The maximum atomic E-state index is 12.7. The lowest BCUT2D eigenvalue weighted by Crippen LogP contribution is -2.50. The van der Waals surface area contributed by atoms with Gasteiger partial charge in [-0.15, -0.1) is 0 Å². The van der Waals surface area contributed by atoms with Crippen molar-refractivity contribution in [2.75, 3.05) is 45.9 Å². The molecule has 8 nitrogen and oxygen atoms in total. The summed E-state index contributed by atoms with van der Waals surface area (Å²) in [6.45, 7) is 3.54. The Morgan fingerprint density at radius 2 is 1.80 bits per heavy atom. The largest absolute Gasteiger partial charge is 0.462 e. The van der Waals surface area contributed by atoms with E-state index in [2.05, 4.69) is 0 Å². The van der Waals surface area contributed by atoms with Crippen LogP contribution < -0.4 is 0 Å². The van der Waals surface area contributed by atoms with E-state index in [4.69, 9.17) is 9.84 Å². The molecule has 0 aromatic heterocycles. The van der Waals surface area contributed by atoms with Crippen molar-refractivity contribution in [1.29, 1.82) is 0 Å². The van der Waals surface area contributed by atoms with Crippen LogP contribution in [-0.2, 0) is 14.8 Å². The number of nitrogens with zero attached hydrogens (tertiary/aromatic N) is 2. The molecule has 0 aliphatic carbocycles. The van der Waals surface area contributed by atoms with Crippen molar-refractivity contribution < 1.29 is 28.2 Å². The summed E-state index contributed by atoms with van der Waals surface area (Å²) >= 11 is 0. The molecule has 0 unspecified atom stereocenters. The lowest BCUT2D eigenvalue weighted by molar-refractivity contribution is 0.0490. The quantitative estimate of drug-likeness (QED) is 0.623. The Morgan fingerprint density at radius 3 is 2.32 bits per heavy atom. The van der Waals surface area contributed by atoms with E-state index in [-0.39, 0.29) is 18.1 Å². The maximum absolute atomic E-state index is 12.7. The van der Waals surface area contributed by atoms with Gasteiger partial charge >= 0.3 is 5.97 Å². The molecule has 1 saturated heterocycles. The van der Waals surface area contributed by atoms with Gasteiger partial charge in [-0.2, -0.15) is 4.31 Å². The molecule has 1 aliphatic rings. The first-order valence-electron chi connectivity index (χ1n) is 8.17. The number of hydrogen-bond acceptors (Lipinski definition) is 7. The average Bonchev–Trinajstić information content (AvgIpc) is 2.62. The van der Waals surface area contributed by atoms with Gasteiger partial charge in [-0.05, 0) is 31.2 Å². The smallest absolute Gasteiger partial charge is 0.338 e. The number of ether oxygens (including phenoxy) is 1. The zero-order chi connectivity index (χ0) is 18.4. The Bertz CT molecular complexity index is 668. The summed E-state index contributed by atoms with van der Waals surface area (Å²) in [6, 6.07) is 5.70. The number of hydrogen-bond donors (Lipinski definition) is 2. The van der Waals surface area contributed by atoms with Gasteiger partial charge in [-0.1, -0.05) is 0 Å². The summed E-state index contributed by atoms with van der Waals surface area (Å²) < 4.78 is 31.6. The SMILES string of the molecule is CCOC(=O)c1ccc(S(=O)(=O)N2CCN(C[C@@H](O)CO)CC2)cc1. The number of sulfonamides is 1. The van der Waals surface area contributed by atoms with Crippen molar-refractivity contribution in [3.8, 4) is 0 Å². The fourth-order valence-corrected chi connectivity index (χ4v) is 4.06. The summed E-state index contributed by atoms with van der Waals surface area (Å²) in [5.41, 5.74) is 0.309. The molecule has 1 aromatic rings. The number of rotatable bonds is 7. The molecule has 140 valence electrons. The molecular weight excluding hydrogens is 348 g/mol. The van der Waals surface area contributed by atoms with Crippen LogP contribution >= 0.6 is 0 Å². The summed E-state index contributed by atoms with van der Waals surface area (Å²) in [5.74, 6) is -0.484. The third-order valence-corrected chi connectivity index (χ3v) is 5.93. The summed E-state index contributed by atoms with van der Waals surface area (Å²) in [6.07, 6.45) is -0.821. The highest BCUT2D eigenvalue weighted by Gasteiger charge is 2.29. The molecule has 0 saturated carbocycles. The molecule has 0 bridgehead atoms. The number of carbonyl (C=O) groups excluding carboxylic acids is 1. The van der Waals surface area contributed by atoms with Gasteiger partial charge in [-0.25, -0.2) is 13.2 Å². The summed E-state index contributed by atoms with van der Waals surface area (Å²) in [4.78, 5) is 13.7. The van der Waals surface area contributed by atoms with Crippen molar-refractivity contribution in [1.82, 2.24) is 9.21 Å². The van der Waals surface area contributed by atoms with Crippen molar-refractivity contribution in [3.05, 3.63) is 29.8 Å². The minimum absolute atomic E-state index is 0.129. The number of esters is 1. The Morgan fingerprint density at radius 1 is 1.20 bits per heavy atom. The summed E-state index contributed by atoms with van der Waals surface area (Å²) in [5, 5.41) is 18.3. The van der Waals surface area contributed by atoms with E-state index in [1.165, 1.54) is 28.6 Å². The van der Waals surface area contributed by atoms with E-state index < -0.39 is 22.1 Å². The molecule has 2 rings (SSSR count). The number of piperazine rings is 1. The van der Waals surface area contributed by atoms with Crippen LogP contribution in [0.15, 0.2) is 29.2 Å². The van der Waals surface area contributed by atoms with Gasteiger partial charge in [0.1, 0.15) is 0 Å². The fraction of sp³-hybridized carbons (Fsp3) is 0.562. The van der Waals surface area contributed by atoms with Gasteiger partial charge < -0.3 is 14.9 Å². The highest BCUT2D eigenvalue weighted by molar-refractivity contribution is 7.89. The van der Waals surface area contributed by atoms with E-state index in [0.717, 1.165) is 0 Å². The Kier molecular flexibility index (Phi) is 6.91. The van der Waals surface area contributed by atoms with E-state index in [0.29, 0.717) is 38.3 Å². The fourth-order valence-electron chi connectivity index (χ4n) is 2.63. The lowest BCUT2D eigenvalue weighted by atomic mass is 10.2. The number of benzene rings is 1. The van der Waals surface area contributed by atoms with Crippen molar-refractivity contribution >= 4 is 16.0 Å². The van der Waals surface area contributed by atoms with Gasteiger partial charge in [0, 0.05) is 32.7 Å². The predicted molar refractivity (Wildman–Crippen MR) is 90.7 cm³/mol. The molecule has 0 amide bonds. The van der Waals surface area contributed by atoms with Crippen LogP contribution in [-0.4, -0.2) is 85.8 Å². The zero-order valence-electron chi connectivity index (χ0n) is 14.2. The van der Waals surface area contributed by atoms with Crippen molar-refractivity contribution in [3.63, 3.8) is 0 Å². The second-order valence-corrected chi connectivity index (χ2v) is 7.72. The topological polar surface area (TPSA) is 107 Å². The minimum atomic E-state index is -3.63. The second kappa shape index (κ2) is 8.72. The first kappa shape index (κ1) is 19.8. The van der Waals surface area contributed by atoms with Crippen LogP contribution in [0.4, 0.5) is 0 Å².